The summed E-state index contributed by atoms with van der Waals surface area (Å²) in [7, 11) is -3.76. The van der Waals surface area contributed by atoms with Crippen LogP contribution >= 0.6 is 0 Å². The molecule has 1 fully saturated rings. The summed E-state index contributed by atoms with van der Waals surface area (Å²) in [5.74, 6) is -1.56. The van der Waals surface area contributed by atoms with Gasteiger partial charge in [0.1, 0.15) is 0 Å². The van der Waals surface area contributed by atoms with Crippen molar-refractivity contribution in [3.63, 3.8) is 0 Å². The molecule has 2 aromatic carbocycles. The molecule has 1 amide bonds. The maximum atomic E-state index is 12.7. The van der Waals surface area contributed by atoms with E-state index in [1.54, 1.807) is 18.2 Å². The normalized spacial score (nSPS) is 14.6. The minimum absolute atomic E-state index is 0.0145. The largest absolute Gasteiger partial charge is 0.452 e. The van der Waals surface area contributed by atoms with Crippen LogP contribution in [0.15, 0.2) is 53.4 Å². The van der Waals surface area contributed by atoms with Crippen molar-refractivity contribution in [1.29, 1.82) is 0 Å². The topological polar surface area (TPSA) is 119 Å². The van der Waals surface area contributed by atoms with E-state index in [0.29, 0.717) is 24.5 Å². The van der Waals surface area contributed by atoms with Gasteiger partial charge in [0, 0.05) is 24.3 Å². The molecular weight excluding hydrogens is 424 g/mol. The molecule has 1 saturated heterocycles. The number of carbonyl (C=O) groups is 3. The third-order valence-corrected chi connectivity index (χ3v) is 6.46. The number of hydrogen-bond donors (Lipinski definition) is 1. The highest BCUT2D eigenvalue weighted by Crippen LogP contribution is 2.19. The van der Waals surface area contributed by atoms with Crippen LogP contribution < -0.4 is 5.32 Å². The fourth-order valence-corrected chi connectivity index (χ4v) is 4.40. The SMILES string of the molecule is CC(=O)c1cccc(NC(=O)COC(=O)c2cccc(S(=O)(=O)N3CCOCC3)c2)c1. The van der Waals surface area contributed by atoms with Crippen LogP contribution in [-0.2, 0) is 24.3 Å². The van der Waals surface area contributed by atoms with E-state index in [2.05, 4.69) is 5.32 Å². The first-order valence-corrected chi connectivity index (χ1v) is 11.0. The monoisotopic (exact) mass is 446 g/mol. The number of carbonyl (C=O) groups excluding carboxylic acids is 3. The molecular formula is C21H22N2O7S. The molecule has 0 bridgehead atoms. The number of Topliss-reactive ketones (excluding diaryl/α,β-unsaturated/α-hetero) is 1. The van der Waals surface area contributed by atoms with Crippen LogP contribution in [0.1, 0.15) is 27.6 Å². The van der Waals surface area contributed by atoms with Gasteiger partial charge in [0.2, 0.25) is 10.0 Å². The van der Waals surface area contributed by atoms with E-state index in [9.17, 15) is 22.8 Å². The first kappa shape index (κ1) is 22.6. The zero-order chi connectivity index (χ0) is 22.4. The maximum absolute atomic E-state index is 12.7. The second-order valence-corrected chi connectivity index (χ2v) is 8.74. The summed E-state index contributed by atoms with van der Waals surface area (Å²) >= 11 is 0. The van der Waals surface area contributed by atoms with Crippen LogP contribution in [0, 0.1) is 0 Å². The summed E-state index contributed by atoms with van der Waals surface area (Å²) < 4.78 is 36.9. The molecule has 0 unspecified atom stereocenters. The van der Waals surface area contributed by atoms with Crippen LogP contribution in [0.5, 0.6) is 0 Å². The van der Waals surface area contributed by atoms with E-state index in [4.69, 9.17) is 9.47 Å². The Morgan fingerprint density at radius 3 is 2.42 bits per heavy atom. The summed E-state index contributed by atoms with van der Waals surface area (Å²) in [5, 5.41) is 2.54. The van der Waals surface area contributed by atoms with E-state index in [1.807, 2.05) is 0 Å². The Morgan fingerprint density at radius 1 is 1.03 bits per heavy atom. The summed E-state index contributed by atoms with van der Waals surface area (Å²) in [6, 6.07) is 11.8. The van der Waals surface area contributed by atoms with Gasteiger partial charge in [0.05, 0.1) is 23.7 Å². The van der Waals surface area contributed by atoms with Crippen LogP contribution in [0.25, 0.3) is 0 Å². The molecule has 0 saturated carbocycles. The second-order valence-electron chi connectivity index (χ2n) is 6.81. The van der Waals surface area contributed by atoms with Gasteiger partial charge < -0.3 is 14.8 Å². The van der Waals surface area contributed by atoms with Gasteiger partial charge in [-0.05, 0) is 37.3 Å². The van der Waals surface area contributed by atoms with Crippen LogP contribution in [-0.4, -0.2) is 63.3 Å². The van der Waals surface area contributed by atoms with E-state index >= 15 is 0 Å². The number of amides is 1. The summed E-state index contributed by atoms with van der Waals surface area (Å²) in [6.07, 6.45) is 0. The number of anilines is 1. The van der Waals surface area contributed by atoms with E-state index in [1.165, 1.54) is 41.6 Å². The number of sulfonamides is 1. The Bertz CT molecular complexity index is 1090. The molecule has 0 atom stereocenters. The zero-order valence-electron chi connectivity index (χ0n) is 16.9. The molecule has 0 radical (unpaired) electrons. The minimum Gasteiger partial charge on any atom is -0.452 e. The molecule has 2 aromatic rings. The van der Waals surface area contributed by atoms with Crippen molar-refractivity contribution in [2.24, 2.45) is 0 Å². The molecule has 3 rings (SSSR count). The smallest absolute Gasteiger partial charge is 0.338 e. The summed E-state index contributed by atoms with van der Waals surface area (Å²) in [5.41, 5.74) is 0.848. The number of nitrogens with zero attached hydrogens (tertiary/aromatic N) is 1. The Hall–Kier alpha value is -3.08. The molecule has 31 heavy (non-hydrogen) atoms. The molecule has 0 spiro atoms. The highest BCUT2D eigenvalue weighted by molar-refractivity contribution is 7.89. The number of hydrogen-bond acceptors (Lipinski definition) is 7. The molecule has 9 nitrogen and oxygen atoms in total. The Kier molecular flexibility index (Phi) is 7.16. The molecule has 0 aliphatic carbocycles. The van der Waals surface area contributed by atoms with E-state index in [0.717, 1.165) is 0 Å². The van der Waals surface area contributed by atoms with Crippen LogP contribution in [0.3, 0.4) is 0 Å². The summed E-state index contributed by atoms with van der Waals surface area (Å²) in [4.78, 5) is 35.8. The fourth-order valence-electron chi connectivity index (χ4n) is 2.95. The minimum atomic E-state index is -3.76. The molecule has 1 aliphatic rings. The number of morpholine rings is 1. The van der Waals surface area contributed by atoms with Crippen molar-refractivity contribution in [3.8, 4) is 0 Å². The highest BCUT2D eigenvalue weighted by atomic mass is 32.2. The fraction of sp³-hybridized carbons (Fsp3) is 0.286. The van der Waals surface area contributed by atoms with Gasteiger partial charge in [0.25, 0.3) is 5.91 Å². The zero-order valence-corrected chi connectivity index (χ0v) is 17.7. The molecule has 1 heterocycles. The van der Waals surface area contributed by atoms with E-state index < -0.39 is 28.5 Å². The average molecular weight is 446 g/mol. The Labute approximate surface area is 180 Å². The first-order chi connectivity index (χ1) is 14.8. The number of rotatable bonds is 7. The van der Waals surface area contributed by atoms with Crippen LogP contribution in [0.4, 0.5) is 5.69 Å². The quantitative estimate of drug-likeness (QED) is 0.508. The molecule has 164 valence electrons. The second kappa shape index (κ2) is 9.82. The van der Waals surface area contributed by atoms with E-state index in [-0.39, 0.29) is 29.3 Å². The third kappa shape index (κ3) is 5.75. The van der Waals surface area contributed by atoms with Crippen molar-refractivity contribution in [2.45, 2.75) is 11.8 Å². The third-order valence-electron chi connectivity index (χ3n) is 4.56. The predicted molar refractivity (Wildman–Crippen MR) is 111 cm³/mol. The van der Waals surface area contributed by atoms with Gasteiger partial charge >= 0.3 is 5.97 Å². The van der Waals surface area contributed by atoms with Gasteiger partial charge in [-0.3, -0.25) is 9.59 Å². The summed E-state index contributed by atoms with van der Waals surface area (Å²) in [6.45, 7) is 1.94. The molecule has 10 heteroatoms. The first-order valence-electron chi connectivity index (χ1n) is 9.53. The Morgan fingerprint density at radius 2 is 1.71 bits per heavy atom. The lowest BCUT2D eigenvalue weighted by molar-refractivity contribution is -0.119. The van der Waals surface area contributed by atoms with Crippen molar-refractivity contribution in [3.05, 3.63) is 59.7 Å². The number of nitrogens with one attached hydrogen (secondary N) is 1. The average Bonchev–Trinajstić information content (AvgIpc) is 2.78. The van der Waals surface area contributed by atoms with Crippen molar-refractivity contribution in [2.75, 3.05) is 38.2 Å². The number of benzene rings is 2. The van der Waals surface area contributed by atoms with Gasteiger partial charge in [0.15, 0.2) is 12.4 Å². The van der Waals surface area contributed by atoms with Gasteiger partial charge in [-0.15, -0.1) is 0 Å². The molecule has 0 aromatic heterocycles. The Balaban J connectivity index is 1.62. The van der Waals surface area contributed by atoms with Crippen molar-refractivity contribution >= 4 is 33.4 Å². The van der Waals surface area contributed by atoms with Gasteiger partial charge in [-0.2, -0.15) is 4.31 Å². The number of ketones is 1. The highest BCUT2D eigenvalue weighted by Gasteiger charge is 2.27. The van der Waals surface area contributed by atoms with Crippen LogP contribution in [0.2, 0.25) is 0 Å². The lowest BCUT2D eigenvalue weighted by Gasteiger charge is -2.26. The molecule has 1 aliphatic heterocycles. The molecule has 1 N–H and O–H groups in total. The lowest BCUT2D eigenvalue weighted by Crippen LogP contribution is -2.40. The van der Waals surface area contributed by atoms with Gasteiger partial charge in [-0.25, -0.2) is 13.2 Å². The standard InChI is InChI=1S/C21H22N2O7S/c1-15(24)16-4-2-6-18(12-16)22-20(25)14-30-21(26)17-5-3-7-19(13-17)31(27,28)23-8-10-29-11-9-23/h2-7,12-13H,8-11,14H2,1H3,(H,22,25). The predicted octanol–water partition coefficient (Wildman–Crippen LogP) is 1.71. The van der Waals surface area contributed by atoms with Gasteiger partial charge in [-0.1, -0.05) is 18.2 Å². The lowest BCUT2D eigenvalue weighted by atomic mass is 10.1. The maximum Gasteiger partial charge on any atom is 0.338 e. The van der Waals surface area contributed by atoms with Crippen molar-refractivity contribution < 1.29 is 32.3 Å². The number of esters is 1. The number of ether oxygens (including phenoxy) is 2. The van der Waals surface area contributed by atoms with Crippen molar-refractivity contribution in [1.82, 2.24) is 4.31 Å².